The van der Waals surface area contributed by atoms with E-state index in [1.807, 2.05) is 12.1 Å². The molecule has 2 aliphatic rings. The van der Waals surface area contributed by atoms with Crippen molar-refractivity contribution in [2.45, 2.75) is 12.4 Å². The first-order chi connectivity index (χ1) is 22.9. The molecule has 230 valence electrons. The van der Waals surface area contributed by atoms with Gasteiger partial charge >= 0.3 is 12.4 Å². The second-order valence-electron chi connectivity index (χ2n) is 10.8. The third kappa shape index (κ3) is 4.77. The van der Waals surface area contributed by atoms with E-state index in [0.717, 1.165) is 24.3 Å². The molecule has 6 nitrogen and oxygen atoms in total. The number of allylic oxidation sites excluding steroid dienone is 1. The monoisotopic (exact) mass is 644 g/mol. The van der Waals surface area contributed by atoms with E-state index >= 15 is 0 Å². The van der Waals surface area contributed by atoms with Crippen LogP contribution in [0.25, 0.3) is 50.3 Å². The first-order valence-corrected chi connectivity index (χ1v) is 14.0. The number of nitrogens with zero attached hydrogens (tertiary/aromatic N) is 6. The Morgan fingerprint density at radius 1 is 0.521 bits per heavy atom. The lowest BCUT2D eigenvalue weighted by Crippen LogP contribution is -2.04. The van der Waals surface area contributed by atoms with Gasteiger partial charge in [0.15, 0.2) is 0 Å². The zero-order valence-electron chi connectivity index (χ0n) is 24.0. The van der Waals surface area contributed by atoms with Crippen molar-refractivity contribution in [3.63, 3.8) is 0 Å². The van der Waals surface area contributed by atoms with Gasteiger partial charge in [-0.05, 0) is 64.2 Å². The van der Waals surface area contributed by atoms with Crippen LogP contribution < -0.4 is 0 Å². The van der Waals surface area contributed by atoms with Crippen LogP contribution >= 0.6 is 0 Å². The molecule has 5 aromatic rings. The lowest BCUT2D eigenvalue weighted by molar-refractivity contribution is -0.138. The maximum absolute atomic E-state index is 13.1. The maximum atomic E-state index is 13.1. The van der Waals surface area contributed by atoms with Crippen molar-refractivity contribution in [1.82, 2.24) is 9.97 Å². The van der Waals surface area contributed by atoms with E-state index in [-0.39, 0.29) is 28.2 Å². The predicted octanol–water partition coefficient (Wildman–Crippen LogP) is 8.98. The normalized spacial score (nSPS) is 13.6. The van der Waals surface area contributed by atoms with Crippen LogP contribution in [-0.4, -0.2) is 15.7 Å². The molecule has 0 spiro atoms. The van der Waals surface area contributed by atoms with Gasteiger partial charge in [-0.15, -0.1) is 0 Å². The Bertz CT molecular complexity index is 2370. The van der Waals surface area contributed by atoms with Crippen molar-refractivity contribution < 1.29 is 26.3 Å². The number of hydrogen-bond donors (Lipinski definition) is 0. The van der Waals surface area contributed by atoms with Gasteiger partial charge in [0.25, 0.3) is 0 Å². The highest BCUT2D eigenvalue weighted by Gasteiger charge is 2.37. The average molecular weight is 645 g/mol. The largest absolute Gasteiger partial charge is 0.416 e. The van der Waals surface area contributed by atoms with Crippen LogP contribution in [0.4, 0.5) is 26.3 Å². The molecule has 0 bridgehead atoms. The Hall–Kier alpha value is -6.58. The van der Waals surface area contributed by atoms with Crippen LogP contribution in [0.2, 0.25) is 0 Å². The fraction of sp³-hybridized carbons (Fsp3) is 0.0556. The van der Waals surface area contributed by atoms with Gasteiger partial charge in [0.1, 0.15) is 34.8 Å². The maximum Gasteiger partial charge on any atom is 0.416 e. The molecule has 2 aliphatic carbocycles. The van der Waals surface area contributed by atoms with Crippen LogP contribution in [0.5, 0.6) is 0 Å². The summed E-state index contributed by atoms with van der Waals surface area (Å²) in [7, 11) is 0. The van der Waals surface area contributed by atoms with Crippen molar-refractivity contribution in [2.75, 3.05) is 0 Å². The van der Waals surface area contributed by atoms with Crippen molar-refractivity contribution in [1.29, 1.82) is 15.8 Å². The quantitative estimate of drug-likeness (QED) is 0.106. The number of nitriles is 3. The van der Waals surface area contributed by atoms with Gasteiger partial charge in [0.05, 0.1) is 22.5 Å². The van der Waals surface area contributed by atoms with Gasteiger partial charge < -0.3 is 0 Å². The zero-order valence-corrected chi connectivity index (χ0v) is 24.0. The number of benzene rings is 4. The summed E-state index contributed by atoms with van der Waals surface area (Å²) in [5.41, 5.74) is 3.64. The van der Waals surface area contributed by atoms with E-state index in [0.29, 0.717) is 55.9 Å². The van der Waals surface area contributed by atoms with Gasteiger partial charge in [0, 0.05) is 22.3 Å². The highest BCUT2D eigenvalue weighted by Crippen LogP contribution is 2.48. The van der Waals surface area contributed by atoms with Gasteiger partial charge in [-0.1, -0.05) is 48.5 Å². The second kappa shape index (κ2) is 10.8. The van der Waals surface area contributed by atoms with Crippen molar-refractivity contribution in [3.05, 3.63) is 124 Å². The molecule has 0 saturated heterocycles. The van der Waals surface area contributed by atoms with E-state index in [4.69, 9.17) is 9.97 Å². The summed E-state index contributed by atoms with van der Waals surface area (Å²) >= 11 is 0. The van der Waals surface area contributed by atoms with E-state index in [2.05, 4.69) is 4.99 Å². The summed E-state index contributed by atoms with van der Waals surface area (Å²) in [6.07, 6.45) is -7.22. The van der Waals surface area contributed by atoms with Crippen molar-refractivity contribution >= 4 is 11.3 Å². The first-order valence-electron chi connectivity index (χ1n) is 14.0. The fourth-order valence-corrected chi connectivity index (χ4v) is 5.93. The molecule has 0 amide bonds. The number of aliphatic imine (C=N–C) groups is 1. The van der Waals surface area contributed by atoms with Crippen LogP contribution in [0.1, 0.15) is 33.6 Å². The molecule has 0 saturated carbocycles. The molecule has 0 N–H and O–H groups in total. The minimum atomic E-state index is -4.50. The van der Waals surface area contributed by atoms with Crippen LogP contribution in [0.3, 0.4) is 0 Å². The lowest BCUT2D eigenvalue weighted by Gasteiger charge is -2.09. The molecule has 0 fully saturated rings. The molecule has 0 aliphatic heterocycles. The molecule has 1 aromatic heterocycles. The van der Waals surface area contributed by atoms with Crippen molar-refractivity contribution in [2.24, 2.45) is 4.99 Å². The Morgan fingerprint density at radius 3 is 1.44 bits per heavy atom. The molecular weight excluding hydrogens is 630 g/mol. The zero-order chi connectivity index (χ0) is 34.0. The summed E-state index contributed by atoms with van der Waals surface area (Å²) in [5.74, 6) is 0. The van der Waals surface area contributed by atoms with Crippen LogP contribution in [-0.2, 0) is 12.4 Å². The standard InChI is InChI=1S/C36H14F6N6/c37-35(38,39)23-7-1-18(2-8-23)20-5-11-25-27(13-20)29(22(15-43)16-44)33-31(25)48-34-30(46-17-45)28-14-21(6-12-26(28)32(34)47-33)19-3-9-24(10-4-19)36(40,41)42/h1-14H/b46-30+. The number of rotatable bonds is 2. The molecule has 4 aromatic carbocycles. The molecule has 7 rings (SSSR count). The molecule has 48 heavy (non-hydrogen) atoms. The Labute approximate surface area is 267 Å². The minimum absolute atomic E-state index is 0.188. The number of halogens is 6. The number of fused-ring (bicyclic) bond motifs is 6. The van der Waals surface area contributed by atoms with E-state index in [9.17, 15) is 42.1 Å². The summed E-state index contributed by atoms with van der Waals surface area (Å²) in [4.78, 5) is 13.7. The predicted molar refractivity (Wildman–Crippen MR) is 162 cm³/mol. The minimum Gasteiger partial charge on any atom is -0.243 e. The molecule has 0 radical (unpaired) electrons. The fourth-order valence-electron chi connectivity index (χ4n) is 5.93. The highest BCUT2D eigenvalue weighted by atomic mass is 19.4. The first kappa shape index (κ1) is 30.1. The number of alkyl halides is 6. The Balaban J connectivity index is 1.36. The summed E-state index contributed by atoms with van der Waals surface area (Å²) in [6, 6.07) is 23.1. The van der Waals surface area contributed by atoms with Gasteiger partial charge in [-0.2, -0.15) is 47.1 Å². The summed E-state index contributed by atoms with van der Waals surface area (Å²) in [5, 5.41) is 29.4. The third-order valence-corrected chi connectivity index (χ3v) is 8.16. The Kier molecular flexibility index (Phi) is 6.74. The van der Waals surface area contributed by atoms with E-state index in [1.54, 1.807) is 42.6 Å². The van der Waals surface area contributed by atoms with Gasteiger partial charge in [0.2, 0.25) is 6.19 Å². The molecule has 12 heteroatoms. The molecule has 1 heterocycles. The lowest BCUT2D eigenvalue weighted by atomic mass is 9.96. The van der Waals surface area contributed by atoms with Gasteiger partial charge in [-0.3, -0.25) is 0 Å². The summed E-state index contributed by atoms with van der Waals surface area (Å²) < 4.78 is 78.8. The third-order valence-electron chi connectivity index (χ3n) is 8.16. The van der Waals surface area contributed by atoms with Crippen LogP contribution in [0, 0.1) is 34.1 Å². The number of aromatic nitrogens is 2. The smallest absolute Gasteiger partial charge is 0.243 e. The average Bonchev–Trinajstić information content (AvgIpc) is 3.55. The van der Waals surface area contributed by atoms with E-state index in [1.165, 1.54) is 24.3 Å². The number of hydrogen-bond acceptors (Lipinski definition) is 6. The summed E-state index contributed by atoms with van der Waals surface area (Å²) in [6.45, 7) is 0. The second-order valence-corrected chi connectivity index (χ2v) is 10.8. The van der Waals surface area contributed by atoms with Crippen molar-refractivity contribution in [3.8, 4) is 63.1 Å². The van der Waals surface area contributed by atoms with Crippen LogP contribution in [0.15, 0.2) is 95.5 Å². The molecular formula is C36H14F6N6. The molecule has 0 unspecified atom stereocenters. The topological polar surface area (TPSA) is 110 Å². The van der Waals surface area contributed by atoms with E-state index < -0.39 is 23.5 Å². The molecule has 0 atom stereocenters. The Morgan fingerprint density at radius 2 is 0.958 bits per heavy atom. The SMILES string of the molecule is N#C/N=C1\c2cc(-c3ccc(C(F)(F)F)cc3)ccc2-c2nc3c(nc21)-c1ccc(-c2ccc(C(F)(F)F)cc2)cc1C3=C(C#N)C#N. The highest BCUT2D eigenvalue weighted by molar-refractivity contribution is 6.24. The van der Waals surface area contributed by atoms with Gasteiger partial charge in [-0.25, -0.2) is 9.97 Å².